The normalized spacial score (nSPS) is 14.4. The molecule has 0 aliphatic carbocycles. The quantitative estimate of drug-likeness (QED) is 0.174. The number of aromatic hydroxyl groups is 3. The number of benzene rings is 4. The molecule has 0 aromatic heterocycles. The Kier molecular flexibility index (Phi) is 9.70. The molecule has 0 spiro atoms. The van der Waals surface area contributed by atoms with E-state index < -0.39 is 0 Å². The zero-order chi connectivity index (χ0) is 27.8. The van der Waals surface area contributed by atoms with Crippen LogP contribution in [0.15, 0.2) is 97.1 Å². The minimum Gasteiger partial charge on any atom is -0.508 e. The van der Waals surface area contributed by atoms with Crippen LogP contribution in [0.3, 0.4) is 0 Å². The SMILES string of the molecule is CCC(Cc1ccc(C(CC(C)c2ccc(O)cc2)CC(CC)c2ccc(O)cc2)cc1)c1ccc(O)cc1. The van der Waals surface area contributed by atoms with Crippen LogP contribution >= 0.6 is 0 Å². The maximum absolute atomic E-state index is 9.80. The van der Waals surface area contributed by atoms with Gasteiger partial charge < -0.3 is 15.3 Å². The largest absolute Gasteiger partial charge is 0.508 e. The van der Waals surface area contributed by atoms with Gasteiger partial charge in [-0.2, -0.15) is 0 Å². The first-order chi connectivity index (χ1) is 18.9. The Morgan fingerprint density at radius 2 is 0.846 bits per heavy atom. The van der Waals surface area contributed by atoms with Crippen LogP contribution in [0.25, 0.3) is 0 Å². The molecule has 0 fully saturated rings. The maximum Gasteiger partial charge on any atom is 0.115 e. The van der Waals surface area contributed by atoms with Gasteiger partial charge in [0.2, 0.25) is 0 Å². The van der Waals surface area contributed by atoms with E-state index in [4.69, 9.17) is 0 Å². The topological polar surface area (TPSA) is 60.7 Å². The van der Waals surface area contributed by atoms with Crippen molar-refractivity contribution in [1.82, 2.24) is 0 Å². The highest BCUT2D eigenvalue weighted by Gasteiger charge is 2.22. The highest BCUT2D eigenvalue weighted by atomic mass is 16.3. The summed E-state index contributed by atoms with van der Waals surface area (Å²) in [6.07, 6.45) is 5.11. The number of hydrogen-bond acceptors (Lipinski definition) is 3. The van der Waals surface area contributed by atoms with E-state index in [0.717, 1.165) is 32.1 Å². The highest BCUT2D eigenvalue weighted by molar-refractivity contribution is 5.34. The van der Waals surface area contributed by atoms with Crippen LogP contribution < -0.4 is 0 Å². The second-order valence-electron chi connectivity index (χ2n) is 11.0. The van der Waals surface area contributed by atoms with Crippen LogP contribution in [0.1, 0.15) is 97.9 Å². The Labute approximate surface area is 233 Å². The van der Waals surface area contributed by atoms with Gasteiger partial charge in [0.25, 0.3) is 0 Å². The summed E-state index contributed by atoms with van der Waals surface area (Å²) in [7, 11) is 0. The van der Waals surface area contributed by atoms with E-state index in [-0.39, 0.29) is 0 Å². The summed E-state index contributed by atoms with van der Waals surface area (Å²) in [5, 5.41) is 29.2. The Morgan fingerprint density at radius 3 is 1.31 bits per heavy atom. The molecule has 3 heteroatoms. The molecule has 0 aliphatic heterocycles. The van der Waals surface area contributed by atoms with E-state index in [1.54, 1.807) is 36.4 Å². The maximum atomic E-state index is 9.80. The third-order valence-electron chi connectivity index (χ3n) is 8.32. The summed E-state index contributed by atoms with van der Waals surface area (Å²) in [5.74, 6) is 2.46. The molecule has 4 unspecified atom stereocenters. The van der Waals surface area contributed by atoms with Crippen LogP contribution in [-0.4, -0.2) is 15.3 Å². The van der Waals surface area contributed by atoms with Gasteiger partial charge in [-0.05, 0) is 120 Å². The average molecular weight is 523 g/mol. The number of phenols is 3. The summed E-state index contributed by atoms with van der Waals surface area (Å²) in [6, 6.07) is 32.2. The zero-order valence-electron chi connectivity index (χ0n) is 23.4. The predicted octanol–water partition coefficient (Wildman–Crippen LogP) is 9.40. The molecular formula is C36H42O3. The Balaban J connectivity index is 1.56. The summed E-state index contributed by atoms with van der Waals surface area (Å²) in [5.41, 5.74) is 6.47. The van der Waals surface area contributed by atoms with Gasteiger partial charge in [-0.15, -0.1) is 0 Å². The summed E-state index contributed by atoms with van der Waals surface area (Å²) >= 11 is 0. The van der Waals surface area contributed by atoms with Crippen LogP contribution in [-0.2, 0) is 6.42 Å². The monoisotopic (exact) mass is 522 g/mol. The van der Waals surface area contributed by atoms with Gasteiger partial charge in [-0.25, -0.2) is 0 Å². The van der Waals surface area contributed by atoms with Crippen molar-refractivity contribution in [1.29, 1.82) is 0 Å². The second kappa shape index (κ2) is 13.4. The van der Waals surface area contributed by atoms with Crippen molar-refractivity contribution in [2.45, 2.75) is 76.5 Å². The van der Waals surface area contributed by atoms with Gasteiger partial charge in [-0.3, -0.25) is 0 Å². The van der Waals surface area contributed by atoms with E-state index in [1.807, 2.05) is 24.3 Å². The molecule has 0 aliphatic rings. The van der Waals surface area contributed by atoms with E-state index in [1.165, 1.54) is 27.8 Å². The van der Waals surface area contributed by atoms with Gasteiger partial charge in [0.05, 0.1) is 0 Å². The lowest BCUT2D eigenvalue weighted by Gasteiger charge is -2.27. The van der Waals surface area contributed by atoms with Gasteiger partial charge in [-0.1, -0.05) is 81.4 Å². The first kappa shape index (κ1) is 28.3. The van der Waals surface area contributed by atoms with Crippen LogP contribution in [0, 0.1) is 0 Å². The van der Waals surface area contributed by atoms with E-state index in [2.05, 4.69) is 57.2 Å². The lowest BCUT2D eigenvalue weighted by atomic mass is 9.78. The second-order valence-corrected chi connectivity index (χ2v) is 11.0. The van der Waals surface area contributed by atoms with Crippen molar-refractivity contribution >= 4 is 0 Å². The van der Waals surface area contributed by atoms with Crippen LogP contribution in [0.5, 0.6) is 17.2 Å². The van der Waals surface area contributed by atoms with Crippen molar-refractivity contribution in [2.75, 3.05) is 0 Å². The van der Waals surface area contributed by atoms with Crippen molar-refractivity contribution in [3.8, 4) is 17.2 Å². The van der Waals surface area contributed by atoms with Crippen molar-refractivity contribution in [3.05, 3.63) is 125 Å². The minimum absolute atomic E-state index is 0.300. The minimum atomic E-state index is 0.300. The fraction of sp³-hybridized carbons (Fsp3) is 0.333. The first-order valence-corrected chi connectivity index (χ1v) is 14.3. The molecule has 0 heterocycles. The molecule has 4 aromatic carbocycles. The zero-order valence-corrected chi connectivity index (χ0v) is 23.4. The molecule has 3 nitrogen and oxygen atoms in total. The summed E-state index contributed by atoms with van der Waals surface area (Å²) < 4.78 is 0. The van der Waals surface area contributed by atoms with Crippen molar-refractivity contribution in [2.24, 2.45) is 0 Å². The van der Waals surface area contributed by atoms with Gasteiger partial charge in [0, 0.05) is 0 Å². The number of hydrogen-bond donors (Lipinski definition) is 3. The molecule has 204 valence electrons. The Morgan fingerprint density at radius 1 is 0.462 bits per heavy atom. The molecular weight excluding hydrogens is 480 g/mol. The third-order valence-corrected chi connectivity index (χ3v) is 8.32. The fourth-order valence-electron chi connectivity index (χ4n) is 5.82. The standard InChI is InChI=1S/C36H42O3/c1-4-27(30-12-18-35(38)19-13-30)23-26-6-8-32(9-7-26)33(22-25(3)29-10-16-34(37)17-11-29)24-28(5-2)31-14-20-36(39)21-15-31/h6-21,25,27-28,33,37-39H,4-5,22-24H2,1-3H3. The molecule has 4 aromatic rings. The van der Waals surface area contributed by atoms with Gasteiger partial charge in [0.15, 0.2) is 0 Å². The molecule has 3 N–H and O–H groups in total. The lowest BCUT2D eigenvalue weighted by Crippen LogP contribution is -2.10. The number of rotatable bonds is 12. The Bertz CT molecular complexity index is 1280. The number of phenolic OH excluding ortho intramolecular Hbond substituents is 3. The average Bonchev–Trinajstić information content (AvgIpc) is 2.95. The third kappa shape index (κ3) is 7.66. The molecule has 0 bridgehead atoms. The smallest absolute Gasteiger partial charge is 0.115 e. The fourth-order valence-corrected chi connectivity index (χ4v) is 5.82. The first-order valence-electron chi connectivity index (χ1n) is 14.3. The molecule has 0 saturated heterocycles. The van der Waals surface area contributed by atoms with Gasteiger partial charge in [0.1, 0.15) is 17.2 Å². The van der Waals surface area contributed by atoms with Crippen LogP contribution in [0.2, 0.25) is 0 Å². The highest BCUT2D eigenvalue weighted by Crippen LogP contribution is 2.39. The Hall–Kier alpha value is -3.72. The lowest BCUT2D eigenvalue weighted by molar-refractivity contribution is 0.462. The summed E-state index contributed by atoms with van der Waals surface area (Å²) in [4.78, 5) is 0. The van der Waals surface area contributed by atoms with E-state index >= 15 is 0 Å². The van der Waals surface area contributed by atoms with Crippen molar-refractivity contribution in [3.63, 3.8) is 0 Å². The molecule has 4 atom stereocenters. The van der Waals surface area contributed by atoms with Crippen LogP contribution in [0.4, 0.5) is 0 Å². The summed E-state index contributed by atoms with van der Waals surface area (Å²) in [6.45, 7) is 6.74. The molecule has 0 saturated carbocycles. The molecule has 0 radical (unpaired) electrons. The molecule has 39 heavy (non-hydrogen) atoms. The van der Waals surface area contributed by atoms with E-state index in [9.17, 15) is 15.3 Å². The molecule has 0 amide bonds. The van der Waals surface area contributed by atoms with Gasteiger partial charge >= 0.3 is 0 Å². The molecule has 4 rings (SSSR count). The predicted molar refractivity (Wildman–Crippen MR) is 161 cm³/mol. The van der Waals surface area contributed by atoms with Crippen molar-refractivity contribution < 1.29 is 15.3 Å². The van der Waals surface area contributed by atoms with E-state index in [0.29, 0.717) is 40.9 Å².